The Morgan fingerprint density at radius 1 is 1.11 bits per heavy atom. The van der Waals surface area contributed by atoms with E-state index in [9.17, 15) is 13.2 Å². The first-order chi connectivity index (χ1) is 13.2. The van der Waals surface area contributed by atoms with Crippen LogP contribution in [0.15, 0.2) is 62.2 Å². The highest BCUT2D eigenvalue weighted by Crippen LogP contribution is 2.27. The van der Waals surface area contributed by atoms with E-state index in [1.807, 2.05) is 19.1 Å². The molecule has 0 bridgehead atoms. The summed E-state index contributed by atoms with van der Waals surface area (Å²) in [7, 11) is 0. The zero-order valence-corrected chi connectivity index (χ0v) is 15.5. The number of hydrogen-bond donors (Lipinski definition) is 2. The molecule has 0 aliphatic carbocycles. The summed E-state index contributed by atoms with van der Waals surface area (Å²) in [6.45, 7) is 11.5. The number of aromatic amines is 1. The maximum Gasteiger partial charge on any atom is 0.433 e. The fourth-order valence-corrected chi connectivity index (χ4v) is 2.12. The maximum absolute atomic E-state index is 11.9. The Morgan fingerprint density at radius 2 is 1.86 bits per heavy atom. The number of pyridine rings is 2. The monoisotopic (exact) mass is 387 g/mol. The van der Waals surface area contributed by atoms with Gasteiger partial charge in [0.15, 0.2) is 0 Å². The maximum atomic E-state index is 11.9. The summed E-state index contributed by atoms with van der Waals surface area (Å²) in [5.41, 5.74) is 4.27. The van der Waals surface area contributed by atoms with Gasteiger partial charge in [-0.1, -0.05) is 19.2 Å². The van der Waals surface area contributed by atoms with Crippen LogP contribution in [0.2, 0.25) is 0 Å². The van der Waals surface area contributed by atoms with E-state index < -0.39 is 11.9 Å². The average Bonchev–Trinajstić information content (AvgIpc) is 3.11. The number of halogens is 3. The highest BCUT2D eigenvalue weighted by atomic mass is 19.4. The predicted octanol–water partition coefficient (Wildman–Crippen LogP) is 5.33. The molecule has 0 radical (unpaired) electrons. The van der Waals surface area contributed by atoms with Crippen LogP contribution in [0.3, 0.4) is 0 Å². The Balaban J connectivity index is 0.000000221. The van der Waals surface area contributed by atoms with Crippen LogP contribution in [0, 0.1) is 6.92 Å². The zero-order chi connectivity index (χ0) is 20.7. The third-order valence-electron chi connectivity index (χ3n) is 3.56. The van der Waals surface area contributed by atoms with Crippen LogP contribution in [-0.4, -0.2) is 20.2 Å². The Bertz CT molecular complexity index is 928. The second-order valence-corrected chi connectivity index (χ2v) is 6.00. The number of aromatic nitrogens is 4. The summed E-state index contributed by atoms with van der Waals surface area (Å²) in [5.74, 6) is 0. The van der Waals surface area contributed by atoms with Gasteiger partial charge in [0.2, 0.25) is 0 Å². The third-order valence-corrected chi connectivity index (χ3v) is 3.56. The zero-order valence-electron chi connectivity index (χ0n) is 15.5. The molecule has 28 heavy (non-hydrogen) atoms. The Labute approximate surface area is 161 Å². The normalized spacial score (nSPS) is 10.6. The molecule has 0 fully saturated rings. The van der Waals surface area contributed by atoms with E-state index in [0.717, 1.165) is 39.8 Å². The molecule has 5 nitrogen and oxygen atoms in total. The van der Waals surface area contributed by atoms with Crippen LogP contribution in [-0.2, 0) is 6.18 Å². The van der Waals surface area contributed by atoms with Crippen LogP contribution < -0.4 is 5.32 Å². The second kappa shape index (κ2) is 8.98. The molecule has 0 aliphatic heterocycles. The van der Waals surface area contributed by atoms with Crippen molar-refractivity contribution in [2.45, 2.75) is 20.0 Å². The lowest BCUT2D eigenvalue weighted by atomic mass is 10.2. The molecular weight excluding hydrogens is 367 g/mol. The topological polar surface area (TPSA) is 66.5 Å². The smallest absolute Gasteiger partial charge is 0.352 e. The summed E-state index contributed by atoms with van der Waals surface area (Å²) < 4.78 is 35.6. The molecule has 146 valence electrons. The SMILES string of the molecule is C=C(Nc1cn[nH]c1C(=C)C)c1cccnc1.Cc1ccc(C(F)(F)F)nc1. The molecule has 8 heteroatoms. The number of aryl methyl sites for hydroxylation is 1. The largest absolute Gasteiger partial charge is 0.433 e. The molecule has 2 N–H and O–H groups in total. The number of H-pyrrole nitrogens is 1. The average molecular weight is 387 g/mol. The van der Waals surface area contributed by atoms with Gasteiger partial charge in [0.25, 0.3) is 0 Å². The molecule has 3 aromatic heterocycles. The van der Waals surface area contributed by atoms with E-state index in [4.69, 9.17) is 0 Å². The number of nitrogens with zero attached hydrogens (tertiary/aromatic N) is 3. The molecule has 3 aromatic rings. The Kier molecular flexibility index (Phi) is 6.70. The summed E-state index contributed by atoms with van der Waals surface area (Å²) in [5, 5.41) is 10.1. The molecule has 0 unspecified atom stereocenters. The molecule has 0 aromatic carbocycles. The van der Waals surface area contributed by atoms with Crippen molar-refractivity contribution in [3.05, 3.63) is 84.7 Å². The lowest BCUT2D eigenvalue weighted by Crippen LogP contribution is -2.07. The number of hydrogen-bond acceptors (Lipinski definition) is 4. The van der Waals surface area contributed by atoms with Gasteiger partial charge in [-0.2, -0.15) is 18.3 Å². The Morgan fingerprint density at radius 3 is 2.39 bits per heavy atom. The summed E-state index contributed by atoms with van der Waals surface area (Å²) in [4.78, 5) is 7.28. The molecule has 0 aliphatic rings. The quantitative estimate of drug-likeness (QED) is 0.635. The molecule has 0 atom stereocenters. The lowest BCUT2D eigenvalue weighted by Gasteiger charge is -2.09. The minimum Gasteiger partial charge on any atom is -0.352 e. The van der Waals surface area contributed by atoms with Gasteiger partial charge in [0.05, 0.1) is 17.6 Å². The first-order valence-electron chi connectivity index (χ1n) is 8.24. The van der Waals surface area contributed by atoms with Crippen molar-refractivity contribution in [1.29, 1.82) is 0 Å². The summed E-state index contributed by atoms with van der Waals surface area (Å²) >= 11 is 0. The van der Waals surface area contributed by atoms with Crippen LogP contribution in [0.25, 0.3) is 11.3 Å². The molecule has 3 rings (SSSR count). The number of alkyl halides is 3. The minimum absolute atomic E-state index is 0.720. The van der Waals surface area contributed by atoms with Gasteiger partial charge in [-0.25, -0.2) is 0 Å². The van der Waals surface area contributed by atoms with Gasteiger partial charge in [0.1, 0.15) is 5.69 Å². The van der Waals surface area contributed by atoms with Crippen molar-refractivity contribution < 1.29 is 13.2 Å². The summed E-state index contributed by atoms with van der Waals surface area (Å²) in [6, 6.07) is 6.17. The van der Waals surface area contributed by atoms with E-state index in [1.54, 1.807) is 25.5 Å². The fourth-order valence-electron chi connectivity index (χ4n) is 2.12. The first-order valence-corrected chi connectivity index (χ1v) is 8.24. The Hall–Kier alpha value is -3.42. The van der Waals surface area contributed by atoms with Crippen molar-refractivity contribution in [2.24, 2.45) is 0 Å². The van der Waals surface area contributed by atoms with Crippen LogP contribution in [0.1, 0.15) is 29.4 Å². The van der Waals surface area contributed by atoms with E-state index in [1.165, 1.54) is 12.3 Å². The van der Waals surface area contributed by atoms with Gasteiger partial charge in [-0.05, 0) is 43.2 Å². The number of allylic oxidation sites excluding steroid dienone is 1. The van der Waals surface area contributed by atoms with Crippen molar-refractivity contribution in [2.75, 3.05) is 5.32 Å². The van der Waals surface area contributed by atoms with Crippen LogP contribution in [0.4, 0.5) is 18.9 Å². The van der Waals surface area contributed by atoms with E-state index in [-0.39, 0.29) is 0 Å². The van der Waals surface area contributed by atoms with Crippen molar-refractivity contribution >= 4 is 17.0 Å². The first kappa shape index (κ1) is 20.9. The fraction of sp³-hybridized carbons (Fsp3) is 0.150. The van der Waals surface area contributed by atoms with Gasteiger partial charge in [0, 0.05) is 29.9 Å². The van der Waals surface area contributed by atoms with Crippen LogP contribution in [0.5, 0.6) is 0 Å². The van der Waals surface area contributed by atoms with E-state index in [2.05, 4.69) is 38.6 Å². The summed E-state index contributed by atoms with van der Waals surface area (Å²) in [6.07, 6.45) is 2.08. The van der Waals surface area contributed by atoms with Gasteiger partial charge >= 0.3 is 6.18 Å². The molecule has 0 saturated heterocycles. The van der Waals surface area contributed by atoms with Crippen molar-refractivity contribution in [1.82, 2.24) is 20.2 Å². The van der Waals surface area contributed by atoms with E-state index >= 15 is 0 Å². The highest BCUT2D eigenvalue weighted by molar-refractivity contribution is 5.80. The number of nitrogens with one attached hydrogen (secondary N) is 2. The van der Waals surface area contributed by atoms with E-state index in [0.29, 0.717) is 0 Å². The molecule has 0 saturated carbocycles. The molecule has 0 amide bonds. The number of rotatable bonds is 4. The van der Waals surface area contributed by atoms with Crippen LogP contribution >= 0.6 is 0 Å². The van der Waals surface area contributed by atoms with Gasteiger partial charge in [-0.15, -0.1) is 0 Å². The standard InChI is InChI=1S/C13H14N4.C7H6F3N/c1-9(2)13-12(8-15-17-13)16-10(3)11-5-4-6-14-7-11;1-5-2-3-6(11-4-5)7(8,9)10/h4-8,16H,1,3H2,2H3,(H,15,17);2-4H,1H3. The van der Waals surface area contributed by atoms with Crippen molar-refractivity contribution in [3.8, 4) is 0 Å². The lowest BCUT2D eigenvalue weighted by molar-refractivity contribution is -0.141. The van der Waals surface area contributed by atoms with Gasteiger partial charge < -0.3 is 5.32 Å². The molecular formula is C20H20F3N5. The minimum atomic E-state index is -4.33. The van der Waals surface area contributed by atoms with Gasteiger partial charge in [-0.3, -0.25) is 15.1 Å². The van der Waals surface area contributed by atoms with Crippen molar-refractivity contribution in [3.63, 3.8) is 0 Å². The second-order valence-electron chi connectivity index (χ2n) is 6.00. The molecule has 3 heterocycles. The predicted molar refractivity (Wildman–Crippen MR) is 104 cm³/mol. The number of anilines is 1. The molecule has 0 spiro atoms. The third kappa shape index (κ3) is 5.80. The highest BCUT2D eigenvalue weighted by Gasteiger charge is 2.31.